The van der Waals surface area contributed by atoms with Crippen LogP contribution in [0.3, 0.4) is 0 Å². The highest BCUT2D eigenvalue weighted by Gasteiger charge is 2.34. The van der Waals surface area contributed by atoms with E-state index < -0.39 is 16.1 Å². The quantitative estimate of drug-likeness (QED) is 0.679. The third-order valence-corrected chi connectivity index (χ3v) is 7.42. The second-order valence-electron chi connectivity index (χ2n) is 6.63. The number of aromatic nitrogens is 2. The number of nitrogens with two attached hydrogens (primary N) is 1. The Kier molecular flexibility index (Phi) is 4.95. The first kappa shape index (κ1) is 19.6. The predicted octanol–water partition coefficient (Wildman–Crippen LogP) is 2.40. The van der Waals surface area contributed by atoms with Crippen molar-refractivity contribution in [3.63, 3.8) is 0 Å². The highest BCUT2D eigenvalue weighted by molar-refractivity contribution is 7.91. The molecule has 2 aromatic heterocycles. The predicted molar refractivity (Wildman–Crippen MR) is 109 cm³/mol. The number of likely N-dealkylation sites (N-methyl/N-ethyl adjacent to an activating group) is 1. The van der Waals surface area contributed by atoms with E-state index >= 15 is 0 Å². The van der Waals surface area contributed by atoms with Gasteiger partial charge in [0.15, 0.2) is 15.4 Å². The molecule has 4 rings (SSSR count). The molecule has 0 radical (unpaired) electrons. The zero-order valence-electron chi connectivity index (χ0n) is 15.7. The van der Waals surface area contributed by atoms with E-state index in [9.17, 15) is 13.2 Å². The molecule has 0 saturated carbocycles. The van der Waals surface area contributed by atoms with Crippen LogP contribution in [0.4, 0.5) is 5.13 Å². The van der Waals surface area contributed by atoms with Crippen molar-refractivity contribution in [3.8, 4) is 11.3 Å². The number of pyridine rings is 1. The number of primary sulfonamides is 1. The van der Waals surface area contributed by atoms with Gasteiger partial charge in [-0.1, -0.05) is 29.5 Å². The number of fused-ring (bicyclic) bond motifs is 1. The van der Waals surface area contributed by atoms with Crippen molar-refractivity contribution in [2.24, 2.45) is 5.14 Å². The van der Waals surface area contributed by atoms with E-state index in [0.29, 0.717) is 6.61 Å². The summed E-state index contributed by atoms with van der Waals surface area (Å²) in [6.45, 7) is 1.85. The fourth-order valence-electron chi connectivity index (χ4n) is 3.19. The molecular formula is C19H18N4O4S2. The van der Waals surface area contributed by atoms with Gasteiger partial charge in [0.05, 0.1) is 18.0 Å². The minimum Gasteiger partial charge on any atom is -0.359 e. The van der Waals surface area contributed by atoms with Crippen LogP contribution in [-0.2, 0) is 26.2 Å². The Morgan fingerprint density at radius 2 is 2.10 bits per heavy atom. The molecule has 0 fully saturated rings. The molecule has 0 spiro atoms. The summed E-state index contributed by atoms with van der Waals surface area (Å²) in [4.78, 5) is 22.8. The van der Waals surface area contributed by atoms with Gasteiger partial charge < -0.3 is 4.74 Å². The van der Waals surface area contributed by atoms with Crippen LogP contribution in [0, 0.1) is 6.92 Å². The number of hydrogen-bond acceptors (Lipinski definition) is 7. The summed E-state index contributed by atoms with van der Waals surface area (Å²) in [7, 11) is -2.35. The molecule has 1 aromatic carbocycles. The third kappa shape index (κ3) is 3.67. The van der Waals surface area contributed by atoms with Crippen molar-refractivity contribution in [2.75, 3.05) is 11.9 Å². The Bertz CT molecular complexity index is 1190. The smallest absolute Gasteiger partial charge is 0.262 e. The molecule has 0 saturated heterocycles. The van der Waals surface area contributed by atoms with E-state index in [2.05, 4.69) is 9.97 Å². The maximum absolute atomic E-state index is 13.0. The first-order valence-corrected chi connectivity index (χ1v) is 11.1. The van der Waals surface area contributed by atoms with Crippen molar-refractivity contribution in [1.29, 1.82) is 0 Å². The Morgan fingerprint density at radius 1 is 1.31 bits per heavy atom. The summed E-state index contributed by atoms with van der Waals surface area (Å²) in [6.07, 6.45) is 0.946. The van der Waals surface area contributed by atoms with E-state index in [4.69, 9.17) is 9.88 Å². The Hall–Kier alpha value is -2.66. The molecule has 29 heavy (non-hydrogen) atoms. The van der Waals surface area contributed by atoms with E-state index in [0.717, 1.165) is 33.7 Å². The molecule has 3 aromatic rings. The molecular weight excluding hydrogens is 412 g/mol. The van der Waals surface area contributed by atoms with Gasteiger partial charge in [-0.3, -0.25) is 14.7 Å². The summed E-state index contributed by atoms with van der Waals surface area (Å²) in [5.41, 5.74) is 3.75. The highest BCUT2D eigenvalue weighted by atomic mass is 32.2. The van der Waals surface area contributed by atoms with Crippen LogP contribution in [0.2, 0.25) is 0 Å². The van der Waals surface area contributed by atoms with Gasteiger partial charge >= 0.3 is 0 Å². The number of rotatable bonds is 4. The molecule has 1 unspecified atom stereocenters. The van der Waals surface area contributed by atoms with Gasteiger partial charge in [-0.25, -0.2) is 18.5 Å². The summed E-state index contributed by atoms with van der Waals surface area (Å²) in [6, 6.07) is 11.4. The summed E-state index contributed by atoms with van der Waals surface area (Å²) >= 11 is 0.860. The number of ether oxygens (including phenoxy) is 1. The van der Waals surface area contributed by atoms with Gasteiger partial charge in [0.2, 0.25) is 10.0 Å². The number of anilines is 1. The third-order valence-electron chi connectivity index (χ3n) is 4.63. The topological polar surface area (TPSA) is 115 Å². The lowest BCUT2D eigenvalue weighted by Crippen LogP contribution is -2.31. The zero-order chi connectivity index (χ0) is 20.8. The van der Waals surface area contributed by atoms with E-state index in [1.165, 1.54) is 11.9 Å². The van der Waals surface area contributed by atoms with Gasteiger partial charge in [0.1, 0.15) is 0 Å². The normalized spacial score (nSPS) is 15.9. The van der Waals surface area contributed by atoms with Gasteiger partial charge in [-0.15, -0.1) is 0 Å². The van der Waals surface area contributed by atoms with Gasteiger partial charge in [-0.2, -0.15) is 0 Å². The number of amides is 1. The number of carbonyl (C=O) groups is 1. The highest BCUT2D eigenvalue weighted by Crippen LogP contribution is 2.36. The summed E-state index contributed by atoms with van der Waals surface area (Å²) < 4.78 is 29.0. The van der Waals surface area contributed by atoms with Crippen LogP contribution in [0.15, 0.2) is 46.8 Å². The number of aryl methyl sites for hydroxylation is 1. The maximum atomic E-state index is 13.0. The minimum atomic E-state index is -3.89. The molecule has 0 bridgehead atoms. The lowest BCUT2D eigenvalue weighted by Gasteiger charge is -2.18. The SMILES string of the molecule is Cc1nc(N(C)C(=O)C2OCc3cc(-c4ccccn4)ccc32)sc1S(N)(=O)=O. The minimum absolute atomic E-state index is 0.0557. The second kappa shape index (κ2) is 7.30. The monoisotopic (exact) mass is 430 g/mol. The van der Waals surface area contributed by atoms with E-state index in [1.54, 1.807) is 13.1 Å². The first-order valence-electron chi connectivity index (χ1n) is 8.69. The molecule has 2 N–H and O–H groups in total. The van der Waals surface area contributed by atoms with E-state index in [-0.39, 0.29) is 20.9 Å². The maximum Gasteiger partial charge on any atom is 0.262 e. The largest absolute Gasteiger partial charge is 0.359 e. The number of hydrogen-bond donors (Lipinski definition) is 1. The molecule has 150 valence electrons. The van der Waals surface area contributed by atoms with Crippen LogP contribution in [-0.4, -0.2) is 31.3 Å². The van der Waals surface area contributed by atoms with Crippen molar-refractivity contribution in [2.45, 2.75) is 23.8 Å². The number of thiazole rings is 1. The summed E-state index contributed by atoms with van der Waals surface area (Å²) in [5, 5.41) is 5.45. The van der Waals surface area contributed by atoms with Crippen molar-refractivity contribution in [1.82, 2.24) is 9.97 Å². The van der Waals surface area contributed by atoms with Crippen LogP contribution in [0.5, 0.6) is 0 Å². The molecule has 1 atom stereocenters. The average molecular weight is 431 g/mol. The first-order chi connectivity index (χ1) is 13.8. The Morgan fingerprint density at radius 3 is 2.76 bits per heavy atom. The summed E-state index contributed by atoms with van der Waals surface area (Å²) in [5.74, 6) is -0.330. The van der Waals surface area contributed by atoms with Crippen molar-refractivity contribution < 1.29 is 17.9 Å². The molecule has 1 aliphatic rings. The van der Waals surface area contributed by atoms with Crippen LogP contribution < -0.4 is 10.0 Å². The molecule has 8 nitrogen and oxygen atoms in total. The fourth-order valence-corrected chi connectivity index (χ4v) is 5.11. The lowest BCUT2D eigenvalue weighted by molar-refractivity contribution is -0.129. The average Bonchev–Trinajstić information content (AvgIpc) is 3.30. The van der Waals surface area contributed by atoms with Crippen LogP contribution in [0.1, 0.15) is 22.9 Å². The molecule has 10 heteroatoms. The van der Waals surface area contributed by atoms with Gasteiger partial charge in [-0.05, 0) is 36.2 Å². The van der Waals surface area contributed by atoms with Gasteiger partial charge in [0, 0.05) is 18.8 Å². The molecule has 1 aliphatic heterocycles. The van der Waals surface area contributed by atoms with E-state index in [1.807, 2.05) is 36.4 Å². The molecule has 1 amide bonds. The Balaban J connectivity index is 1.60. The lowest BCUT2D eigenvalue weighted by atomic mass is 10.00. The zero-order valence-corrected chi connectivity index (χ0v) is 17.3. The fraction of sp³-hybridized carbons (Fsp3) is 0.211. The Labute approximate surface area is 172 Å². The van der Waals surface area contributed by atoms with Crippen molar-refractivity contribution in [3.05, 3.63) is 59.4 Å². The van der Waals surface area contributed by atoms with Crippen molar-refractivity contribution >= 4 is 32.4 Å². The number of nitrogens with zero attached hydrogens (tertiary/aromatic N) is 3. The standard InChI is InChI=1S/C19H18N4O4S2/c1-11-18(29(20,25)26)28-19(22-11)23(2)17(24)16-14-7-6-12(9-13(14)10-27-16)15-5-3-4-8-21-15/h3-9,16H,10H2,1-2H3,(H2,20,25,26). The second-order valence-corrected chi connectivity index (χ2v) is 9.37. The van der Waals surface area contributed by atoms with Crippen LogP contribution >= 0.6 is 11.3 Å². The van der Waals surface area contributed by atoms with Gasteiger partial charge in [0.25, 0.3) is 5.91 Å². The van der Waals surface area contributed by atoms with Crippen LogP contribution in [0.25, 0.3) is 11.3 Å². The molecule has 0 aliphatic carbocycles. The number of sulfonamides is 1. The number of carbonyl (C=O) groups excluding carboxylic acids is 1. The molecule has 3 heterocycles. The number of benzene rings is 1.